The van der Waals surface area contributed by atoms with Crippen molar-refractivity contribution in [3.63, 3.8) is 0 Å². The van der Waals surface area contributed by atoms with Crippen molar-refractivity contribution in [1.82, 2.24) is 5.32 Å². The van der Waals surface area contributed by atoms with E-state index in [0.29, 0.717) is 17.0 Å². The maximum Gasteiger partial charge on any atom is 0.263 e. The molecule has 0 saturated carbocycles. The van der Waals surface area contributed by atoms with E-state index < -0.39 is 16.1 Å². The molecule has 0 radical (unpaired) electrons. The predicted octanol–water partition coefficient (Wildman–Crippen LogP) is 4.15. The maximum atomic E-state index is 13.4. The lowest BCUT2D eigenvalue weighted by molar-refractivity contribution is -0.128. The van der Waals surface area contributed by atoms with E-state index in [1.54, 1.807) is 36.4 Å². The number of fused-ring (bicyclic) bond motifs is 2. The van der Waals surface area contributed by atoms with E-state index in [1.165, 1.54) is 21.9 Å². The van der Waals surface area contributed by atoms with E-state index in [4.69, 9.17) is 4.74 Å². The van der Waals surface area contributed by atoms with E-state index in [0.717, 1.165) is 18.4 Å². The SMILES string of the molecule is C[C@H](NC(=O)[C@H]1CN(S(=O)(=O)Cc2ccccc2)c2ccccc2O1)c1ccc2c(c1)CCC2. The molecule has 1 aliphatic heterocycles. The molecular weight excluding hydrogens is 448 g/mol. The minimum atomic E-state index is -3.73. The molecule has 2 aliphatic rings. The lowest BCUT2D eigenvalue weighted by atomic mass is 10.0. The van der Waals surface area contributed by atoms with Gasteiger partial charge in [0.25, 0.3) is 5.91 Å². The van der Waals surface area contributed by atoms with Crippen molar-refractivity contribution in [3.05, 3.63) is 95.1 Å². The van der Waals surface area contributed by atoms with Gasteiger partial charge in [0.15, 0.2) is 6.10 Å². The first kappa shape index (κ1) is 22.5. The molecule has 34 heavy (non-hydrogen) atoms. The largest absolute Gasteiger partial charge is 0.476 e. The van der Waals surface area contributed by atoms with Crippen molar-refractivity contribution >= 4 is 21.6 Å². The molecule has 3 aromatic carbocycles. The van der Waals surface area contributed by atoms with E-state index in [2.05, 4.69) is 23.5 Å². The summed E-state index contributed by atoms with van der Waals surface area (Å²) in [5, 5.41) is 3.02. The van der Waals surface area contributed by atoms with Gasteiger partial charge in [-0.1, -0.05) is 60.7 Å². The Kier molecular flexibility index (Phi) is 6.04. The smallest absolute Gasteiger partial charge is 0.263 e. The number of ether oxygens (including phenoxy) is 1. The van der Waals surface area contributed by atoms with Crippen molar-refractivity contribution < 1.29 is 17.9 Å². The van der Waals surface area contributed by atoms with Gasteiger partial charge in [-0.15, -0.1) is 0 Å². The summed E-state index contributed by atoms with van der Waals surface area (Å²) in [5.74, 6) is -0.0969. The Morgan fingerprint density at radius 2 is 1.76 bits per heavy atom. The number of anilines is 1. The number of hydrogen-bond donors (Lipinski definition) is 1. The van der Waals surface area contributed by atoms with Crippen LogP contribution in [0.1, 0.15) is 41.6 Å². The van der Waals surface area contributed by atoms with Crippen LogP contribution in [0.2, 0.25) is 0 Å². The molecule has 2 atom stereocenters. The van der Waals surface area contributed by atoms with Crippen LogP contribution in [0.3, 0.4) is 0 Å². The Balaban J connectivity index is 1.36. The Bertz CT molecular complexity index is 1310. The van der Waals surface area contributed by atoms with Crippen LogP contribution in [-0.4, -0.2) is 27.0 Å². The second kappa shape index (κ2) is 9.14. The van der Waals surface area contributed by atoms with E-state index in [-0.39, 0.29) is 24.2 Å². The number of nitrogens with one attached hydrogen (secondary N) is 1. The van der Waals surface area contributed by atoms with E-state index >= 15 is 0 Å². The van der Waals surface area contributed by atoms with Crippen LogP contribution < -0.4 is 14.4 Å². The summed E-state index contributed by atoms with van der Waals surface area (Å²) in [7, 11) is -3.73. The predicted molar refractivity (Wildman–Crippen MR) is 132 cm³/mol. The van der Waals surface area contributed by atoms with Gasteiger partial charge in [0.05, 0.1) is 24.0 Å². The summed E-state index contributed by atoms with van der Waals surface area (Å²) >= 11 is 0. The number of nitrogens with zero attached hydrogens (tertiary/aromatic N) is 1. The summed E-state index contributed by atoms with van der Waals surface area (Å²) < 4.78 is 34.0. The summed E-state index contributed by atoms with van der Waals surface area (Å²) in [6.07, 6.45) is 2.40. The number of rotatable bonds is 6. The monoisotopic (exact) mass is 476 g/mol. The van der Waals surface area contributed by atoms with Crippen LogP contribution in [0.5, 0.6) is 5.75 Å². The lowest BCUT2D eigenvalue weighted by Gasteiger charge is -2.35. The van der Waals surface area contributed by atoms with Gasteiger partial charge < -0.3 is 10.1 Å². The highest BCUT2D eigenvalue weighted by Gasteiger charge is 2.37. The molecule has 1 heterocycles. The molecule has 0 saturated heterocycles. The fourth-order valence-electron chi connectivity index (χ4n) is 4.72. The highest BCUT2D eigenvalue weighted by atomic mass is 32.2. The number of amides is 1. The van der Waals surface area contributed by atoms with Gasteiger partial charge in [-0.05, 0) is 60.6 Å². The minimum absolute atomic E-state index is 0.0745. The highest BCUT2D eigenvalue weighted by molar-refractivity contribution is 7.92. The number of benzene rings is 3. The molecule has 176 valence electrons. The Morgan fingerprint density at radius 3 is 2.59 bits per heavy atom. The second-order valence-corrected chi connectivity index (χ2v) is 10.9. The second-order valence-electron chi connectivity index (χ2n) is 8.96. The van der Waals surface area contributed by atoms with E-state index in [1.807, 2.05) is 25.1 Å². The number of sulfonamides is 1. The molecular formula is C27H28N2O4S. The fourth-order valence-corrected chi connectivity index (χ4v) is 6.30. The van der Waals surface area contributed by atoms with Crippen molar-refractivity contribution in [2.75, 3.05) is 10.8 Å². The number of carbonyl (C=O) groups is 1. The highest BCUT2D eigenvalue weighted by Crippen LogP contribution is 2.36. The van der Waals surface area contributed by atoms with Crippen LogP contribution in [0, 0.1) is 0 Å². The number of carbonyl (C=O) groups excluding carboxylic acids is 1. The first-order chi connectivity index (χ1) is 16.4. The van der Waals surface area contributed by atoms with Gasteiger partial charge in [-0.3, -0.25) is 9.10 Å². The third-order valence-corrected chi connectivity index (χ3v) is 8.25. The number of para-hydroxylation sites is 2. The topological polar surface area (TPSA) is 75.7 Å². The Labute approximate surface area is 200 Å². The molecule has 1 N–H and O–H groups in total. The van der Waals surface area contributed by atoms with Gasteiger partial charge in [0, 0.05) is 0 Å². The molecule has 5 rings (SSSR count). The summed E-state index contributed by atoms with van der Waals surface area (Å²) in [4.78, 5) is 13.2. The number of aryl methyl sites for hydroxylation is 2. The molecule has 0 unspecified atom stereocenters. The zero-order chi connectivity index (χ0) is 23.7. The van der Waals surface area contributed by atoms with Crippen LogP contribution in [0.15, 0.2) is 72.8 Å². The number of hydrogen-bond acceptors (Lipinski definition) is 4. The Hall–Kier alpha value is -3.32. The first-order valence-electron chi connectivity index (χ1n) is 11.6. The van der Waals surface area contributed by atoms with Gasteiger partial charge in [0.2, 0.25) is 10.0 Å². The summed E-state index contributed by atoms with van der Waals surface area (Å²) in [6, 6.07) is 22.1. The molecule has 3 aromatic rings. The summed E-state index contributed by atoms with van der Waals surface area (Å²) in [6.45, 7) is 1.87. The van der Waals surface area contributed by atoms with Crippen LogP contribution in [0.25, 0.3) is 0 Å². The molecule has 6 nitrogen and oxygen atoms in total. The van der Waals surface area contributed by atoms with Crippen molar-refractivity contribution in [2.45, 2.75) is 44.1 Å². The average Bonchev–Trinajstić information content (AvgIpc) is 3.31. The van der Waals surface area contributed by atoms with E-state index in [9.17, 15) is 13.2 Å². The molecule has 0 aromatic heterocycles. The van der Waals surface area contributed by atoms with Crippen molar-refractivity contribution in [3.8, 4) is 5.75 Å². The standard InChI is InChI=1S/C27H28N2O4S/c1-19(22-15-14-21-10-7-11-23(21)16-22)28-27(30)26-17-29(24-12-5-6-13-25(24)33-26)34(31,32)18-20-8-3-2-4-9-20/h2-6,8-9,12-16,19,26H,7,10-11,17-18H2,1H3,(H,28,30)/t19-,26+/m0/s1. The third kappa shape index (κ3) is 4.53. The molecule has 0 fully saturated rings. The van der Waals surface area contributed by atoms with Crippen LogP contribution >= 0.6 is 0 Å². The summed E-state index contributed by atoms with van der Waals surface area (Å²) in [5.41, 5.74) is 4.92. The van der Waals surface area contributed by atoms with Gasteiger partial charge >= 0.3 is 0 Å². The molecule has 1 aliphatic carbocycles. The van der Waals surface area contributed by atoms with Gasteiger partial charge in [0.1, 0.15) is 5.75 Å². The Morgan fingerprint density at radius 1 is 1.03 bits per heavy atom. The molecule has 0 spiro atoms. The average molecular weight is 477 g/mol. The van der Waals surface area contributed by atoms with Crippen molar-refractivity contribution in [1.29, 1.82) is 0 Å². The van der Waals surface area contributed by atoms with Gasteiger partial charge in [-0.2, -0.15) is 0 Å². The van der Waals surface area contributed by atoms with Crippen molar-refractivity contribution in [2.24, 2.45) is 0 Å². The van der Waals surface area contributed by atoms with Gasteiger partial charge in [-0.25, -0.2) is 8.42 Å². The zero-order valence-corrected chi connectivity index (χ0v) is 19.9. The fraction of sp³-hybridized carbons (Fsp3) is 0.296. The van der Waals surface area contributed by atoms with Crippen LogP contribution in [-0.2, 0) is 33.4 Å². The molecule has 0 bridgehead atoms. The zero-order valence-electron chi connectivity index (χ0n) is 19.1. The first-order valence-corrected chi connectivity index (χ1v) is 13.2. The van der Waals surface area contributed by atoms with Crippen LogP contribution in [0.4, 0.5) is 5.69 Å². The normalized spacial score (nSPS) is 17.9. The molecule has 7 heteroatoms. The quantitative estimate of drug-likeness (QED) is 0.580. The lowest BCUT2D eigenvalue weighted by Crippen LogP contribution is -2.51. The third-order valence-electron chi connectivity index (χ3n) is 6.54. The molecule has 1 amide bonds. The minimum Gasteiger partial charge on any atom is -0.476 e. The maximum absolute atomic E-state index is 13.4.